The molecular weight excluding hydrogens is 250 g/mol. The minimum Gasteiger partial charge on any atom is -0.384 e. The number of hydrogen-bond acceptors (Lipinski definition) is 3. The van der Waals surface area contributed by atoms with Crippen LogP contribution in [-0.2, 0) is 11.2 Å². The summed E-state index contributed by atoms with van der Waals surface area (Å²) in [6, 6.07) is 8.08. The van der Waals surface area contributed by atoms with Crippen LogP contribution in [-0.4, -0.2) is 44.5 Å². The van der Waals surface area contributed by atoms with Crippen LogP contribution in [0.3, 0.4) is 0 Å². The van der Waals surface area contributed by atoms with E-state index in [2.05, 4.69) is 28.6 Å². The number of para-hydroxylation sites is 1. The molecule has 1 aromatic rings. The number of nitrogens with zero attached hydrogens (tertiary/aromatic N) is 1. The molecule has 1 aromatic carbocycles. The molecule has 0 saturated carbocycles. The summed E-state index contributed by atoms with van der Waals surface area (Å²) < 4.78 is 0. The quantitative estimate of drug-likeness (QED) is 0.860. The monoisotopic (exact) mass is 275 g/mol. The van der Waals surface area contributed by atoms with Crippen molar-refractivity contribution in [2.45, 2.75) is 19.3 Å². The predicted molar refractivity (Wildman–Crippen MR) is 82.9 cm³/mol. The number of likely N-dealkylation sites (tertiary alicyclic amines) is 1. The Bertz CT molecular complexity index is 447. The highest BCUT2D eigenvalue weighted by Crippen LogP contribution is 2.19. The van der Waals surface area contributed by atoms with E-state index in [1.807, 2.05) is 18.2 Å². The normalized spacial score (nSPS) is 19.6. The molecule has 0 spiro atoms. The molecule has 20 heavy (non-hydrogen) atoms. The SMILES string of the molecule is CNC(=O)Cc1ccccc1NCC1CCCN(C)C1. The molecule has 1 fully saturated rings. The van der Waals surface area contributed by atoms with Gasteiger partial charge in [-0.1, -0.05) is 18.2 Å². The van der Waals surface area contributed by atoms with Gasteiger partial charge in [-0.05, 0) is 44.0 Å². The molecule has 1 unspecified atom stereocenters. The second-order valence-corrected chi connectivity index (χ2v) is 5.66. The Hall–Kier alpha value is -1.55. The van der Waals surface area contributed by atoms with Crippen molar-refractivity contribution in [1.82, 2.24) is 10.2 Å². The summed E-state index contributed by atoms with van der Waals surface area (Å²) in [5.41, 5.74) is 2.15. The van der Waals surface area contributed by atoms with E-state index in [9.17, 15) is 4.79 Å². The van der Waals surface area contributed by atoms with Gasteiger partial charge in [-0.2, -0.15) is 0 Å². The van der Waals surface area contributed by atoms with Crippen LogP contribution >= 0.6 is 0 Å². The highest BCUT2D eigenvalue weighted by molar-refractivity contribution is 5.80. The van der Waals surface area contributed by atoms with Crippen LogP contribution < -0.4 is 10.6 Å². The smallest absolute Gasteiger partial charge is 0.224 e. The number of rotatable bonds is 5. The van der Waals surface area contributed by atoms with Gasteiger partial charge in [-0.3, -0.25) is 4.79 Å². The van der Waals surface area contributed by atoms with Crippen LogP contribution in [0.25, 0.3) is 0 Å². The van der Waals surface area contributed by atoms with Gasteiger partial charge < -0.3 is 15.5 Å². The van der Waals surface area contributed by atoms with E-state index >= 15 is 0 Å². The van der Waals surface area contributed by atoms with E-state index < -0.39 is 0 Å². The molecule has 0 aromatic heterocycles. The first-order valence-corrected chi connectivity index (χ1v) is 7.40. The Balaban J connectivity index is 1.93. The minimum atomic E-state index is 0.0525. The van der Waals surface area contributed by atoms with Crippen molar-refractivity contribution in [1.29, 1.82) is 0 Å². The first-order valence-electron chi connectivity index (χ1n) is 7.40. The zero-order valence-corrected chi connectivity index (χ0v) is 12.5. The molecule has 1 atom stereocenters. The summed E-state index contributed by atoms with van der Waals surface area (Å²) in [7, 11) is 3.86. The molecule has 2 rings (SSSR count). The fourth-order valence-corrected chi connectivity index (χ4v) is 2.80. The van der Waals surface area contributed by atoms with Crippen LogP contribution in [0.15, 0.2) is 24.3 Å². The number of nitrogens with one attached hydrogen (secondary N) is 2. The third-order valence-corrected chi connectivity index (χ3v) is 3.95. The Morgan fingerprint density at radius 2 is 2.20 bits per heavy atom. The number of benzene rings is 1. The molecule has 1 aliphatic heterocycles. The van der Waals surface area contributed by atoms with Gasteiger partial charge in [0.1, 0.15) is 0 Å². The largest absolute Gasteiger partial charge is 0.384 e. The van der Waals surface area contributed by atoms with Crippen LogP contribution in [0.4, 0.5) is 5.69 Å². The highest BCUT2D eigenvalue weighted by atomic mass is 16.1. The Kier molecular flexibility index (Phi) is 5.41. The second kappa shape index (κ2) is 7.29. The van der Waals surface area contributed by atoms with Gasteiger partial charge in [0.15, 0.2) is 0 Å². The van der Waals surface area contributed by atoms with Crippen LogP contribution in [0.5, 0.6) is 0 Å². The lowest BCUT2D eigenvalue weighted by atomic mass is 9.98. The molecule has 0 bridgehead atoms. The van der Waals surface area contributed by atoms with Gasteiger partial charge in [0.25, 0.3) is 0 Å². The standard InChI is InChI=1S/C16H25N3O/c1-17-16(20)10-14-7-3-4-8-15(14)18-11-13-6-5-9-19(2)12-13/h3-4,7-8,13,18H,5-6,9-12H2,1-2H3,(H,17,20). The maximum absolute atomic E-state index is 11.5. The number of likely N-dealkylation sites (N-methyl/N-ethyl adjacent to an activating group) is 1. The number of amides is 1. The summed E-state index contributed by atoms with van der Waals surface area (Å²) in [6.45, 7) is 3.35. The fraction of sp³-hybridized carbons (Fsp3) is 0.562. The molecule has 4 nitrogen and oxygen atoms in total. The van der Waals surface area contributed by atoms with Crippen LogP contribution in [0.2, 0.25) is 0 Å². The predicted octanol–water partition coefficient (Wildman–Crippen LogP) is 1.73. The van der Waals surface area contributed by atoms with Crippen molar-refractivity contribution in [3.63, 3.8) is 0 Å². The first kappa shape index (κ1) is 14.9. The summed E-state index contributed by atoms with van der Waals surface area (Å²) in [5.74, 6) is 0.749. The summed E-state index contributed by atoms with van der Waals surface area (Å²) in [5, 5.41) is 6.20. The van der Waals surface area contributed by atoms with E-state index in [1.165, 1.54) is 19.4 Å². The first-order chi connectivity index (χ1) is 9.69. The molecule has 2 N–H and O–H groups in total. The van der Waals surface area contributed by atoms with E-state index in [4.69, 9.17) is 0 Å². The lowest BCUT2D eigenvalue weighted by Gasteiger charge is -2.30. The van der Waals surface area contributed by atoms with E-state index in [0.29, 0.717) is 12.3 Å². The molecule has 1 saturated heterocycles. The van der Waals surface area contributed by atoms with Crippen molar-refractivity contribution in [3.8, 4) is 0 Å². The Labute approximate surface area is 121 Å². The van der Waals surface area contributed by atoms with Gasteiger partial charge in [-0.25, -0.2) is 0 Å². The van der Waals surface area contributed by atoms with Crippen molar-refractivity contribution in [3.05, 3.63) is 29.8 Å². The second-order valence-electron chi connectivity index (χ2n) is 5.66. The van der Waals surface area contributed by atoms with Crippen molar-refractivity contribution >= 4 is 11.6 Å². The van der Waals surface area contributed by atoms with Crippen molar-refractivity contribution in [2.75, 3.05) is 39.0 Å². The van der Waals surface area contributed by atoms with E-state index in [1.54, 1.807) is 7.05 Å². The van der Waals surface area contributed by atoms with E-state index in [-0.39, 0.29) is 5.91 Å². The average molecular weight is 275 g/mol. The topological polar surface area (TPSA) is 44.4 Å². The third kappa shape index (κ3) is 4.23. The molecule has 110 valence electrons. The number of carbonyl (C=O) groups is 1. The van der Waals surface area contributed by atoms with Gasteiger partial charge >= 0.3 is 0 Å². The number of piperidine rings is 1. The molecule has 0 aliphatic carbocycles. The third-order valence-electron chi connectivity index (χ3n) is 3.95. The van der Waals surface area contributed by atoms with Gasteiger partial charge in [0.2, 0.25) is 5.91 Å². The summed E-state index contributed by atoms with van der Waals surface area (Å²) in [6.07, 6.45) is 3.00. The maximum atomic E-state index is 11.5. The maximum Gasteiger partial charge on any atom is 0.224 e. The van der Waals surface area contributed by atoms with Crippen LogP contribution in [0, 0.1) is 5.92 Å². The van der Waals surface area contributed by atoms with Crippen LogP contribution in [0.1, 0.15) is 18.4 Å². The molecule has 1 amide bonds. The molecule has 4 heteroatoms. The van der Waals surface area contributed by atoms with Gasteiger partial charge in [0.05, 0.1) is 6.42 Å². The van der Waals surface area contributed by atoms with Gasteiger partial charge in [0, 0.05) is 25.8 Å². The summed E-state index contributed by atoms with van der Waals surface area (Å²) in [4.78, 5) is 13.9. The fourth-order valence-electron chi connectivity index (χ4n) is 2.80. The number of hydrogen-bond donors (Lipinski definition) is 2. The molecule has 0 radical (unpaired) electrons. The zero-order chi connectivity index (χ0) is 14.4. The Morgan fingerprint density at radius 1 is 1.40 bits per heavy atom. The number of carbonyl (C=O) groups excluding carboxylic acids is 1. The van der Waals surface area contributed by atoms with E-state index in [0.717, 1.165) is 24.3 Å². The zero-order valence-electron chi connectivity index (χ0n) is 12.5. The van der Waals surface area contributed by atoms with Crippen molar-refractivity contribution < 1.29 is 4.79 Å². The van der Waals surface area contributed by atoms with Gasteiger partial charge in [-0.15, -0.1) is 0 Å². The highest BCUT2D eigenvalue weighted by Gasteiger charge is 2.17. The molecular formula is C16H25N3O. The molecule has 1 heterocycles. The molecule has 1 aliphatic rings. The lowest BCUT2D eigenvalue weighted by molar-refractivity contribution is -0.119. The number of anilines is 1. The summed E-state index contributed by atoms with van der Waals surface area (Å²) >= 11 is 0. The Morgan fingerprint density at radius 3 is 2.95 bits per heavy atom. The lowest BCUT2D eigenvalue weighted by Crippen LogP contribution is -2.35. The minimum absolute atomic E-state index is 0.0525. The van der Waals surface area contributed by atoms with Crippen molar-refractivity contribution in [2.24, 2.45) is 5.92 Å². The average Bonchev–Trinajstić information content (AvgIpc) is 2.46.